The minimum Gasteiger partial charge on any atom is -0.443 e. The Morgan fingerprint density at radius 2 is 1.96 bits per heavy atom. The van der Waals surface area contributed by atoms with Crippen molar-refractivity contribution in [3.63, 3.8) is 0 Å². The number of aryl methyl sites for hydroxylation is 1. The summed E-state index contributed by atoms with van der Waals surface area (Å²) in [6, 6.07) is 9.72. The van der Waals surface area contributed by atoms with E-state index in [1.807, 2.05) is 0 Å². The summed E-state index contributed by atoms with van der Waals surface area (Å²) in [4.78, 5) is 12.1. The van der Waals surface area contributed by atoms with E-state index in [2.05, 4.69) is 0 Å². The minimum atomic E-state index is -4.70. The number of carbonyl (C=O) groups is 1. The maximum absolute atomic E-state index is 13.5. The van der Waals surface area contributed by atoms with Crippen molar-refractivity contribution in [2.45, 2.75) is 12.3 Å². The van der Waals surface area contributed by atoms with Crippen LogP contribution >= 0.6 is 11.3 Å². The standard InChI is InChI=1S/C16H12F3NO2S/c1-20-9-11(10-5-2-3-6-12(10)20)14(16(17,18)19)22-15(21)13-7-4-8-23-13/h2-9,14H,1H3. The summed E-state index contributed by atoms with van der Waals surface area (Å²) in [5.74, 6) is -0.977. The monoisotopic (exact) mass is 339 g/mol. The Balaban J connectivity index is 2.04. The molecule has 2 aromatic heterocycles. The van der Waals surface area contributed by atoms with Crippen LogP contribution < -0.4 is 0 Å². The molecule has 120 valence electrons. The summed E-state index contributed by atoms with van der Waals surface area (Å²) in [5.41, 5.74) is 0.574. The molecule has 0 N–H and O–H groups in total. The molecule has 0 fully saturated rings. The fourth-order valence-electron chi connectivity index (χ4n) is 2.45. The highest BCUT2D eigenvalue weighted by Crippen LogP contribution is 2.40. The van der Waals surface area contributed by atoms with E-state index in [-0.39, 0.29) is 10.4 Å². The lowest BCUT2D eigenvalue weighted by Gasteiger charge is -2.20. The third-order valence-corrected chi connectivity index (χ3v) is 4.30. The number of fused-ring (bicyclic) bond motifs is 1. The van der Waals surface area contributed by atoms with Crippen molar-refractivity contribution < 1.29 is 22.7 Å². The van der Waals surface area contributed by atoms with E-state index in [1.165, 1.54) is 12.3 Å². The number of aromatic nitrogens is 1. The Labute approximate surface area is 133 Å². The second kappa shape index (κ2) is 5.73. The third kappa shape index (κ3) is 2.96. The van der Waals surface area contributed by atoms with E-state index < -0.39 is 18.2 Å². The Hall–Kier alpha value is -2.28. The van der Waals surface area contributed by atoms with Gasteiger partial charge in [0.15, 0.2) is 0 Å². The van der Waals surface area contributed by atoms with Crippen molar-refractivity contribution in [2.24, 2.45) is 7.05 Å². The van der Waals surface area contributed by atoms with E-state index in [9.17, 15) is 18.0 Å². The van der Waals surface area contributed by atoms with E-state index >= 15 is 0 Å². The molecule has 0 aliphatic carbocycles. The molecule has 1 atom stereocenters. The van der Waals surface area contributed by atoms with E-state index in [0.29, 0.717) is 10.9 Å². The number of carbonyl (C=O) groups excluding carboxylic acids is 1. The highest BCUT2D eigenvalue weighted by Gasteiger charge is 2.45. The van der Waals surface area contributed by atoms with Crippen molar-refractivity contribution in [3.05, 3.63) is 58.4 Å². The number of rotatable bonds is 3. The number of alkyl halides is 3. The normalized spacial score (nSPS) is 13.2. The van der Waals surface area contributed by atoms with Gasteiger partial charge in [0.25, 0.3) is 0 Å². The number of benzene rings is 1. The molecule has 3 rings (SSSR count). The molecular formula is C16H12F3NO2S. The molecule has 7 heteroatoms. The molecular weight excluding hydrogens is 327 g/mol. The van der Waals surface area contributed by atoms with Crippen LogP contribution in [0.1, 0.15) is 21.3 Å². The third-order valence-electron chi connectivity index (χ3n) is 3.45. The Morgan fingerprint density at radius 1 is 1.22 bits per heavy atom. The van der Waals surface area contributed by atoms with Crippen LogP contribution in [0.25, 0.3) is 10.9 Å². The maximum Gasteiger partial charge on any atom is 0.429 e. The van der Waals surface area contributed by atoms with Gasteiger partial charge in [-0.1, -0.05) is 24.3 Å². The SMILES string of the molecule is Cn1cc(C(OC(=O)c2cccs2)C(F)(F)F)c2ccccc21. The van der Waals surface area contributed by atoms with Crippen LogP contribution in [-0.4, -0.2) is 16.7 Å². The molecule has 0 aliphatic rings. The van der Waals surface area contributed by atoms with Crippen LogP contribution in [0.15, 0.2) is 48.0 Å². The number of para-hydroxylation sites is 1. The first-order valence-electron chi connectivity index (χ1n) is 6.73. The summed E-state index contributed by atoms with van der Waals surface area (Å²) in [6.45, 7) is 0. The van der Waals surface area contributed by atoms with Gasteiger partial charge in [-0.2, -0.15) is 13.2 Å². The second-order valence-corrected chi connectivity index (χ2v) is 5.96. The lowest BCUT2D eigenvalue weighted by Crippen LogP contribution is -2.26. The summed E-state index contributed by atoms with van der Waals surface area (Å²) in [6.07, 6.45) is -5.65. The Bertz CT molecular complexity index is 837. The number of hydrogen-bond donors (Lipinski definition) is 0. The zero-order chi connectivity index (χ0) is 16.6. The highest BCUT2D eigenvalue weighted by molar-refractivity contribution is 7.11. The molecule has 0 amide bonds. The van der Waals surface area contributed by atoms with Gasteiger partial charge in [-0.3, -0.25) is 0 Å². The fraction of sp³-hybridized carbons (Fsp3) is 0.188. The van der Waals surface area contributed by atoms with Crippen LogP contribution in [0, 0.1) is 0 Å². The van der Waals surface area contributed by atoms with Gasteiger partial charge in [0.05, 0.1) is 0 Å². The number of esters is 1. The largest absolute Gasteiger partial charge is 0.443 e. The van der Waals surface area contributed by atoms with Crippen LogP contribution in [0.2, 0.25) is 0 Å². The van der Waals surface area contributed by atoms with E-state index in [0.717, 1.165) is 11.3 Å². The smallest absolute Gasteiger partial charge is 0.429 e. The average molecular weight is 339 g/mol. The number of thiophene rings is 1. The minimum absolute atomic E-state index is 0.0690. The van der Waals surface area contributed by atoms with Crippen molar-refractivity contribution in [2.75, 3.05) is 0 Å². The molecule has 1 unspecified atom stereocenters. The van der Waals surface area contributed by atoms with Crippen molar-refractivity contribution in [3.8, 4) is 0 Å². The molecule has 0 saturated carbocycles. The first kappa shape index (κ1) is 15.6. The number of nitrogens with zero attached hydrogens (tertiary/aromatic N) is 1. The molecule has 0 bridgehead atoms. The molecule has 0 radical (unpaired) electrons. The van der Waals surface area contributed by atoms with Gasteiger partial charge in [-0.05, 0) is 17.5 Å². The molecule has 3 nitrogen and oxygen atoms in total. The summed E-state index contributed by atoms with van der Waals surface area (Å²) >= 11 is 1.04. The summed E-state index contributed by atoms with van der Waals surface area (Å²) in [5, 5.41) is 2.02. The zero-order valence-corrected chi connectivity index (χ0v) is 12.8. The molecule has 3 aromatic rings. The van der Waals surface area contributed by atoms with Crippen LogP contribution in [0.3, 0.4) is 0 Å². The fourth-order valence-corrected chi connectivity index (χ4v) is 3.05. The molecule has 0 saturated heterocycles. The van der Waals surface area contributed by atoms with E-state index in [4.69, 9.17) is 4.74 Å². The van der Waals surface area contributed by atoms with Crippen molar-refractivity contribution in [1.29, 1.82) is 0 Å². The first-order valence-corrected chi connectivity index (χ1v) is 7.61. The van der Waals surface area contributed by atoms with Crippen LogP contribution in [-0.2, 0) is 11.8 Å². The van der Waals surface area contributed by atoms with Gasteiger partial charge in [0.1, 0.15) is 4.88 Å². The topological polar surface area (TPSA) is 31.2 Å². The van der Waals surface area contributed by atoms with Crippen molar-refractivity contribution >= 4 is 28.2 Å². The van der Waals surface area contributed by atoms with Crippen LogP contribution in [0.4, 0.5) is 13.2 Å². The molecule has 23 heavy (non-hydrogen) atoms. The maximum atomic E-state index is 13.5. The number of ether oxygens (including phenoxy) is 1. The van der Waals surface area contributed by atoms with Gasteiger partial charge in [-0.15, -0.1) is 11.3 Å². The lowest BCUT2D eigenvalue weighted by atomic mass is 10.1. The quantitative estimate of drug-likeness (QED) is 0.648. The summed E-state index contributed by atoms with van der Waals surface area (Å²) < 4.78 is 46.8. The van der Waals surface area contributed by atoms with Crippen molar-refractivity contribution in [1.82, 2.24) is 4.57 Å². The predicted octanol–water partition coefficient (Wildman–Crippen LogP) is 4.70. The first-order chi connectivity index (χ1) is 10.9. The Morgan fingerprint density at radius 3 is 2.61 bits per heavy atom. The predicted molar refractivity (Wildman–Crippen MR) is 81.4 cm³/mol. The zero-order valence-electron chi connectivity index (χ0n) is 12.0. The van der Waals surface area contributed by atoms with Gasteiger partial charge in [-0.25, -0.2) is 4.79 Å². The van der Waals surface area contributed by atoms with Gasteiger partial charge >= 0.3 is 12.1 Å². The Kier molecular flexibility index (Phi) is 3.89. The highest BCUT2D eigenvalue weighted by atomic mass is 32.1. The molecule has 0 aliphatic heterocycles. The molecule has 1 aromatic carbocycles. The van der Waals surface area contributed by atoms with Gasteiger partial charge < -0.3 is 9.30 Å². The number of halogens is 3. The second-order valence-electron chi connectivity index (χ2n) is 5.02. The molecule has 2 heterocycles. The van der Waals surface area contributed by atoms with Crippen LogP contribution in [0.5, 0.6) is 0 Å². The van der Waals surface area contributed by atoms with Gasteiger partial charge in [0, 0.05) is 29.7 Å². The average Bonchev–Trinajstić information content (AvgIpc) is 3.13. The van der Waals surface area contributed by atoms with E-state index in [1.54, 1.807) is 47.3 Å². The summed E-state index contributed by atoms with van der Waals surface area (Å²) in [7, 11) is 1.65. The van der Waals surface area contributed by atoms with Gasteiger partial charge in [0.2, 0.25) is 6.10 Å². The lowest BCUT2D eigenvalue weighted by molar-refractivity contribution is -0.207. The number of hydrogen-bond acceptors (Lipinski definition) is 3. The molecule has 0 spiro atoms.